The number of benzene rings is 2. The van der Waals surface area contributed by atoms with Crippen molar-refractivity contribution in [3.63, 3.8) is 0 Å². The van der Waals surface area contributed by atoms with Gasteiger partial charge in [0.2, 0.25) is 0 Å². The zero-order chi connectivity index (χ0) is 16.5. The summed E-state index contributed by atoms with van der Waals surface area (Å²) in [7, 11) is 0. The summed E-state index contributed by atoms with van der Waals surface area (Å²) in [6.45, 7) is 7.42. The van der Waals surface area contributed by atoms with Gasteiger partial charge in [-0.05, 0) is 54.2 Å². The summed E-state index contributed by atoms with van der Waals surface area (Å²) in [4.78, 5) is 2.52. The van der Waals surface area contributed by atoms with Crippen molar-refractivity contribution >= 4 is 5.57 Å². The van der Waals surface area contributed by atoms with E-state index in [0.717, 1.165) is 26.1 Å². The predicted octanol–water partition coefficient (Wildman–Crippen LogP) is 4.78. The van der Waals surface area contributed by atoms with E-state index in [1.807, 2.05) is 0 Å². The fraction of sp³-hybridized carbons (Fsp3) is 0.364. The van der Waals surface area contributed by atoms with Crippen molar-refractivity contribution in [2.75, 3.05) is 0 Å². The predicted molar refractivity (Wildman–Crippen MR) is 98.4 cm³/mol. The molecule has 0 saturated heterocycles. The van der Waals surface area contributed by atoms with E-state index in [0.29, 0.717) is 6.10 Å². The minimum absolute atomic E-state index is 0.214. The molecule has 0 amide bonds. The van der Waals surface area contributed by atoms with Crippen molar-refractivity contribution < 1.29 is 4.74 Å². The molecular formula is C22H25NO. The Bertz CT molecular complexity index is 750. The molecule has 2 atom stereocenters. The van der Waals surface area contributed by atoms with Crippen LogP contribution in [0.15, 0.2) is 54.6 Å². The van der Waals surface area contributed by atoms with Gasteiger partial charge in [0.15, 0.2) is 0 Å². The Hall–Kier alpha value is -1.90. The molecule has 4 rings (SSSR count). The van der Waals surface area contributed by atoms with Gasteiger partial charge in [-0.3, -0.25) is 4.90 Å². The van der Waals surface area contributed by atoms with Crippen LogP contribution in [0.2, 0.25) is 0 Å². The standard InChI is InChI=1S/C22H25NO/c1-16-10-21(11-17(2)24-16)19-8-9-20-14-23(15-22(20)12-19)13-18-6-4-3-5-7-18/h3-10,12,16-17H,11,13-15H2,1-2H3/t16?,17-/m0/s1. The molecule has 0 saturated carbocycles. The Labute approximate surface area is 144 Å². The molecule has 124 valence electrons. The molecule has 0 N–H and O–H groups in total. The SMILES string of the molecule is CC1C=C(c2ccc3c(c2)CN(Cc2ccccc2)C3)C[C@H](C)O1. The van der Waals surface area contributed by atoms with Crippen LogP contribution >= 0.6 is 0 Å². The van der Waals surface area contributed by atoms with Crippen molar-refractivity contribution in [1.82, 2.24) is 4.90 Å². The summed E-state index contributed by atoms with van der Waals surface area (Å²) >= 11 is 0. The van der Waals surface area contributed by atoms with Gasteiger partial charge in [-0.1, -0.05) is 48.5 Å². The summed E-state index contributed by atoms with van der Waals surface area (Å²) < 4.78 is 5.83. The molecule has 2 aliphatic rings. The van der Waals surface area contributed by atoms with E-state index in [-0.39, 0.29) is 6.10 Å². The van der Waals surface area contributed by atoms with Crippen LogP contribution in [0, 0.1) is 0 Å². The van der Waals surface area contributed by atoms with Gasteiger partial charge in [0.05, 0.1) is 12.2 Å². The van der Waals surface area contributed by atoms with Gasteiger partial charge in [0.25, 0.3) is 0 Å². The maximum Gasteiger partial charge on any atom is 0.0737 e. The van der Waals surface area contributed by atoms with Gasteiger partial charge in [-0.15, -0.1) is 0 Å². The molecule has 0 fully saturated rings. The number of nitrogens with zero attached hydrogens (tertiary/aromatic N) is 1. The molecule has 0 aromatic heterocycles. The van der Waals surface area contributed by atoms with Crippen LogP contribution < -0.4 is 0 Å². The largest absolute Gasteiger partial charge is 0.371 e. The third kappa shape index (κ3) is 3.31. The summed E-state index contributed by atoms with van der Waals surface area (Å²) in [5.74, 6) is 0. The highest BCUT2D eigenvalue weighted by Crippen LogP contribution is 2.31. The molecule has 0 aliphatic carbocycles. The van der Waals surface area contributed by atoms with Gasteiger partial charge in [0.1, 0.15) is 0 Å². The Balaban J connectivity index is 1.51. The number of hydrogen-bond acceptors (Lipinski definition) is 2. The normalized spacial score (nSPS) is 23.8. The zero-order valence-electron chi connectivity index (χ0n) is 14.5. The van der Waals surface area contributed by atoms with Crippen LogP contribution in [0.5, 0.6) is 0 Å². The highest BCUT2D eigenvalue weighted by Gasteiger charge is 2.22. The molecule has 24 heavy (non-hydrogen) atoms. The van der Waals surface area contributed by atoms with Gasteiger partial charge >= 0.3 is 0 Å². The van der Waals surface area contributed by atoms with Gasteiger partial charge in [0, 0.05) is 19.6 Å². The highest BCUT2D eigenvalue weighted by atomic mass is 16.5. The van der Waals surface area contributed by atoms with E-state index in [1.54, 1.807) is 0 Å². The van der Waals surface area contributed by atoms with Crippen LogP contribution in [0.1, 0.15) is 42.5 Å². The third-order valence-corrected chi connectivity index (χ3v) is 5.00. The fourth-order valence-corrected chi connectivity index (χ4v) is 3.95. The van der Waals surface area contributed by atoms with Crippen molar-refractivity contribution in [1.29, 1.82) is 0 Å². The Morgan fingerprint density at radius 3 is 2.58 bits per heavy atom. The third-order valence-electron chi connectivity index (χ3n) is 5.00. The molecule has 0 spiro atoms. The van der Waals surface area contributed by atoms with Crippen molar-refractivity contribution in [3.05, 3.63) is 76.9 Å². The van der Waals surface area contributed by atoms with E-state index < -0.39 is 0 Å². The smallest absolute Gasteiger partial charge is 0.0737 e. The van der Waals surface area contributed by atoms with Crippen LogP contribution in [-0.4, -0.2) is 17.1 Å². The molecule has 0 bridgehead atoms. The number of ether oxygens (including phenoxy) is 1. The number of rotatable bonds is 3. The quantitative estimate of drug-likeness (QED) is 0.807. The Kier molecular flexibility index (Phi) is 4.26. The average molecular weight is 319 g/mol. The van der Waals surface area contributed by atoms with E-state index >= 15 is 0 Å². The van der Waals surface area contributed by atoms with Crippen LogP contribution in [0.3, 0.4) is 0 Å². The van der Waals surface area contributed by atoms with Gasteiger partial charge < -0.3 is 4.74 Å². The molecular weight excluding hydrogens is 294 g/mol. The van der Waals surface area contributed by atoms with Gasteiger partial charge in [-0.2, -0.15) is 0 Å². The summed E-state index contributed by atoms with van der Waals surface area (Å²) in [6.07, 6.45) is 3.81. The van der Waals surface area contributed by atoms with Gasteiger partial charge in [-0.25, -0.2) is 0 Å². The summed E-state index contributed by atoms with van der Waals surface area (Å²) in [6, 6.07) is 17.8. The Morgan fingerprint density at radius 1 is 1.00 bits per heavy atom. The van der Waals surface area contributed by atoms with E-state index in [2.05, 4.69) is 73.4 Å². The lowest BCUT2D eigenvalue weighted by Gasteiger charge is -2.25. The van der Waals surface area contributed by atoms with E-state index in [9.17, 15) is 0 Å². The summed E-state index contributed by atoms with van der Waals surface area (Å²) in [5.41, 5.74) is 7.16. The van der Waals surface area contributed by atoms with E-state index in [1.165, 1.54) is 27.8 Å². The maximum atomic E-state index is 5.83. The second kappa shape index (κ2) is 6.54. The lowest BCUT2D eigenvalue weighted by Crippen LogP contribution is -2.21. The van der Waals surface area contributed by atoms with Crippen molar-refractivity contribution in [3.8, 4) is 0 Å². The van der Waals surface area contributed by atoms with Crippen LogP contribution in [-0.2, 0) is 24.4 Å². The first-order valence-corrected chi connectivity index (χ1v) is 8.92. The van der Waals surface area contributed by atoms with Crippen LogP contribution in [0.4, 0.5) is 0 Å². The maximum absolute atomic E-state index is 5.83. The minimum Gasteiger partial charge on any atom is -0.371 e. The first-order valence-electron chi connectivity index (χ1n) is 8.92. The van der Waals surface area contributed by atoms with Crippen molar-refractivity contribution in [2.45, 2.75) is 52.1 Å². The minimum atomic E-state index is 0.214. The Morgan fingerprint density at radius 2 is 1.79 bits per heavy atom. The molecule has 2 heteroatoms. The molecule has 2 aromatic rings. The van der Waals surface area contributed by atoms with Crippen molar-refractivity contribution in [2.24, 2.45) is 0 Å². The second-order valence-corrected chi connectivity index (χ2v) is 7.16. The summed E-state index contributed by atoms with van der Waals surface area (Å²) in [5, 5.41) is 0. The fourth-order valence-electron chi connectivity index (χ4n) is 3.95. The van der Waals surface area contributed by atoms with Crippen LogP contribution in [0.25, 0.3) is 5.57 Å². The zero-order valence-corrected chi connectivity index (χ0v) is 14.5. The lowest BCUT2D eigenvalue weighted by molar-refractivity contribution is 0.0304. The van der Waals surface area contributed by atoms with E-state index in [4.69, 9.17) is 4.74 Å². The molecule has 2 aliphatic heterocycles. The first-order chi connectivity index (χ1) is 11.7. The monoisotopic (exact) mass is 319 g/mol. The first kappa shape index (κ1) is 15.6. The molecule has 2 nitrogen and oxygen atoms in total. The lowest BCUT2D eigenvalue weighted by atomic mass is 9.94. The molecule has 1 unspecified atom stereocenters. The molecule has 2 heterocycles. The number of hydrogen-bond donors (Lipinski definition) is 0. The topological polar surface area (TPSA) is 12.5 Å². The molecule has 2 aromatic carbocycles. The highest BCUT2D eigenvalue weighted by molar-refractivity contribution is 5.68. The number of fused-ring (bicyclic) bond motifs is 1. The second-order valence-electron chi connectivity index (χ2n) is 7.16. The molecule has 0 radical (unpaired) electrons. The average Bonchev–Trinajstić information content (AvgIpc) is 2.96.